The summed E-state index contributed by atoms with van der Waals surface area (Å²) in [5.41, 5.74) is -0.0527. The summed E-state index contributed by atoms with van der Waals surface area (Å²) in [7, 11) is -4.25. The van der Waals surface area contributed by atoms with E-state index in [9.17, 15) is 30.4 Å². The van der Waals surface area contributed by atoms with E-state index >= 15 is 0 Å². The first-order valence-electron chi connectivity index (χ1n) is 8.20. The van der Waals surface area contributed by atoms with E-state index in [2.05, 4.69) is 9.97 Å². The first-order chi connectivity index (χ1) is 13.8. The van der Waals surface area contributed by atoms with Crippen LogP contribution in [-0.4, -0.2) is 24.6 Å². The largest absolute Gasteiger partial charge is 0.449 e. The Bertz CT molecular complexity index is 1280. The molecular formula is C19H12F5N3O2S. The number of nitriles is 1. The first kappa shape index (κ1) is 21.4. The van der Waals surface area contributed by atoms with Gasteiger partial charge in [0.05, 0.1) is 23.0 Å². The van der Waals surface area contributed by atoms with Crippen LogP contribution in [0.25, 0.3) is 22.5 Å². The van der Waals surface area contributed by atoms with Crippen molar-refractivity contribution in [3.8, 4) is 28.6 Å². The summed E-state index contributed by atoms with van der Waals surface area (Å²) in [6.45, 7) is 1.57. The highest BCUT2D eigenvalue weighted by molar-refractivity contribution is 7.90. The number of imidazole rings is 1. The molecule has 0 radical (unpaired) electrons. The number of nitrogens with one attached hydrogen (secondary N) is 1. The van der Waals surface area contributed by atoms with Crippen molar-refractivity contribution in [2.75, 3.05) is 6.26 Å². The normalized spacial score (nSPS) is 12.1. The number of sulfone groups is 1. The molecule has 0 spiro atoms. The molecule has 3 rings (SSSR count). The van der Waals surface area contributed by atoms with Gasteiger partial charge in [0.15, 0.2) is 9.84 Å². The topological polar surface area (TPSA) is 86.6 Å². The van der Waals surface area contributed by atoms with Crippen LogP contribution in [0.3, 0.4) is 0 Å². The Morgan fingerprint density at radius 3 is 2.13 bits per heavy atom. The molecule has 1 aromatic heterocycles. The Kier molecular flexibility index (Phi) is 5.16. The Balaban J connectivity index is 2.29. The molecule has 11 heteroatoms. The van der Waals surface area contributed by atoms with Crippen LogP contribution in [0.5, 0.6) is 0 Å². The summed E-state index contributed by atoms with van der Waals surface area (Å²) < 4.78 is 91.4. The number of aromatic amines is 1. The van der Waals surface area contributed by atoms with Crippen molar-refractivity contribution in [2.24, 2.45) is 0 Å². The molecule has 0 saturated heterocycles. The predicted octanol–water partition coefficient (Wildman–Crippen LogP) is 4.62. The molecule has 156 valence electrons. The standard InChI is InChI=1S/C19H12F5N3O2S/c1-9-5-10(3-4-11(9)8-25)15-16(27-18(26-15)19(22,23)24)12-6-13(20)17(14(21)7-12)30(2,28)29/h3-7H,1-2H3,(H,26,27). The van der Waals surface area contributed by atoms with Gasteiger partial charge in [-0.25, -0.2) is 22.2 Å². The van der Waals surface area contributed by atoms with E-state index in [0.29, 0.717) is 29.5 Å². The SMILES string of the molecule is Cc1cc(-c2[nH]c(C(F)(F)F)nc2-c2cc(F)c(S(C)(=O)=O)c(F)c2)ccc1C#N. The number of alkyl halides is 3. The lowest BCUT2D eigenvalue weighted by Crippen LogP contribution is -2.07. The van der Waals surface area contributed by atoms with Gasteiger partial charge in [-0.3, -0.25) is 0 Å². The quantitative estimate of drug-likeness (QED) is 0.601. The third-order valence-corrected chi connectivity index (χ3v) is 5.38. The highest BCUT2D eigenvalue weighted by atomic mass is 32.2. The smallest absolute Gasteiger partial charge is 0.334 e. The number of aryl methyl sites for hydroxylation is 1. The lowest BCUT2D eigenvalue weighted by atomic mass is 10.0. The fourth-order valence-electron chi connectivity index (χ4n) is 2.92. The monoisotopic (exact) mass is 441 g/mol. The van der Waals surface area contributed by atoms with E-state index in [0.717, 1.165) is 0 Å². The van der Waals surface area contributed by atoms with Gasteiger partial charge in [0, 0.05) is 17.4 Å². The van der Waals surface area contributed by atoms with Crippen molar-refractivity contribution in [1.29, 1.82) is 5.26 Å². The third kappa shape index (κ3) is 3.91. The highest BCUT2D eigenvalue weighted by Gasteiger charge is 2.36. The zero-order chi connectivity index (χ0) is 22.4. The van der Waals surface area contributed by atoms with Crippen molar-refractivity contribution < 1.29 is 30.4 Å². The number of hydrogen-bond donors (Lipinski definition) is 1. The van der Waals surface area contributed by atoms with Crippen LogP contribution < -0.4 is 0 Å². The van der Waals surface area contributed by atoms with E-state index in [-0.39, 0.29) is 16.8 Å². The second-order valence-corrected chi connectivity index (χ2v) is 8.44. The summed E-state index contributed by atoms with van der Waals surface area (Å²) in [6, 6.07) is 7.31. The van der Waals surface area contributed by atoms with Gasteiger partial charge in [0.25, 0.3) is 0 Å². The molecule has 0 aliphatic rings. The molecule has 3 aromatic rings. The molecule has 5 nitrogen and oxygen atoms in total. The summed E-state index contributed by atoms with van der Waals surface area (Å²) in [5, 5.41) is 9.02. The van der Waals surface area contributed by atoms with Crippen LogP contribution in [0.2, 0.25) is 0 Å². The average Bonchev–Trinajstić information content (AvgIpc) is 3.05. The maximum Gasteiger partial charge on any atom is 0.449 e. The van der Waals surface area contributed by atoms with E-state index in [4.69, 9.17) is 5.26 Å². The maximum absolute atomic E-state index is 14.3. The number of benzene rings is 2. The van der Waals surface area contributed by atoms with Crippen molar-refractivity contribution >= 4 is 9.84 Å². The van der Waals surface area contributed by atoms with Gasteiger partial charge in [0.1, 0.15) is 16.5 Å². The minimum atomic E-state index is -4.88. The summed E-state index contributed by atoms with van der Waals surface area (Å²) in [5.74, 6) is -4.31. The molecule has 0 aliphatic heterocycles. The van der Waals surface area contributed by atoms with Gasteiger partial charge < -0.3 is 4.98 Å². The average molecular weight is 441 g/mol. The molecule has 1 N–H and O–H groups in total. The van der Waals surface area contributed by atoms with Gasteiger partial charge in [-0.05, 0) is 36.8 Å². The molecule has 1 heterocycles. The van der Waals surface area contributed by atoms with E-state index in [1.165, 1.54) is 18.2 Å². The van der Waals surface area contributed by atoms with Crippen LogP contribution in [0.15, 0.2) is 35.2 Å². The number of aromatic nitrogens is 2. The predicted molar refractivity (Wildman–Crippen MR) is 96.9 cm³/mol. The van der Waals surface area contributed by atoms with Crippen LogP contribution in [0.1, 0.15) is 17.0 Å². The zero-order valence-electron chi connectivity index (χ0n) is 15.4. The van der Waals surface area contributed by atoms with Crippen molar-refractivity contribution in [2.45, 2.75) is 18.0 Å². The van der Waals surface area contributed by atoms with Crippen molar-refractivity contribution in [3.05, 3.63) is 58.9 Å². The molecule has 2 aromatic carbocycles. The van der Waals surface area contributed by atoms with Gasteiger partial charge in [-0.15, -0.1) is 0 Å². The lowest BCUT2D eigenvalue weighted by Gasteiger charge is -2.08. The maximum atomic E-state index is 14.3. The van der Waals surface area contributed by atoms with Crippen molar-refractivity contribution in [3.63, 3.8) is 0 Å². The Morgan fingerprint density at radius 1 is 1.07 bits per heavy atom. The molecule has 0 amide bonds. The molecule has 0 aliphatic carbocycles. The summed E-state index contributed by atoms with van der Waals surface area (Å²) >= 11 is 0. The van der Waals surface area contributed by atoms with E-state index in [1.54, 1.807) is 6.92 Å². The van der Waals surface area contributed by atoms with E-state index in [1.807, 2.05) is 6.07 Å². The fraction of sp³-hybridized carbons (Fsp3) is 0.158. The highest BCUT2D eigenvalue weighted by Crippen LogP contribution is 2.37. The van der Waals surface area contributed by atoms with Crippen LogP contribution in [-0.2, 0) is 16.0 Å². The summed E-state index contributed by atoms with van der Waals surface area (Å²) in [4.78, 5) is 4.36. The molecule has 0 fully saturated rings. The second-order valence-electron chi connectivity index (χ2n) is 6.49. The Hall–Kier alpha value is -3.26. The zero-order valence-corrected chi connectivity index (χ0v) is 16.2. The number of rotatable bonds is 3. The third-order valence-electron chi connectivity index (χ3n) is 4.25. The molecular weight excluding hydrogens is 429 g/mol. The van der Waals surface area contributed by atoms with Gasteiger partial charge in [-0.1, -0.05) is 6.07 Å². The minimum Gasteiger partial charge on any atom is -0.334 e. The number of hydrogen-bond acceptors (Lipinski definition) is 4. The van der Waals surface area contributed by atoms with Crippen LogP contribution in [0, 0.1) is 29.9 Å². The second kappa shape index (κ2) is 7.21. The molecule has 0 bridgehead atoms. The fourth-order valence-corrected chi connectivity index (χ4v) is 3.75. The van der Waals surface area contributed by atoms with Crippen LogP contribution in [0.4, 0.5) is 22.0 Å². The van der Waals surface area contributed by atoms with Gasteiger partial charge in [0.2, 0.25) is 5.82 Å². The van der Waals surface area contributed by atoms with E-state index < -0.39 is 44.1 Å². The van der Waals surface area contributed by atoms with Gasteiger partial charge >= 0.3 is 6.18 Å². The van der Waals surface area contributed by atoms with Crippen LogP contribution >= 0.6 is 0 Å². The summed E-state index contributed by atoms with van der Waals surface area (Å²) in [6.07, 6.45) is -4.27. The number of nitrogens with zero attached hydrogens (tertiary/aromatic N) is 2. The molecule has 0 saturated carbocycles. The first-order valence-corrected chi connectivity index (χ1v) is 10.1. The molecule has 0 unspecified atom stereocenters. The Morgan fingerprint density at radius 2 is 1.67 bits per heavy atom. The lowest BCUT2D eigenvalue weighted by molar-refractivity contribution is -0.144. The molecule has 30 heavy (non-hydrogen) atoms. The van der Waals surface area contributed by atoms with Crippen molar-refractivity contribution in [1.82, 2.24) is 9.97 Å². The minimum absolute atomic E-state index is 0.192. The number of halogens is 5. The Labute approximate surface area is 167 Å². The number of H-pyrrole nitrogens is 1. The molecule has 0 atom stereocenters. The van der Waals surface area contributed by atoms with Gasteiger partial charge in [-0.2, -0.15) is 18.4 Å².